The van der Waals surface area contributed by atoms with Crippen LogP contribution in [-0.4, -0.2) is 24.5 Å². The normalized spacial score (nSPS) is 28.1. The Hall–Kier alpha value is -1.81. The summed E-state index contributed by atoms with van der Waals surface area (Å²) in [6.45, 7) is 3.10. The van der Waals surface area contributed by atoms with Crippen molar-refractivity contribution >= 4 is 16.9 Å². The molecule has 0 spiro atoms. The minimum atomic E-state index is 0.0202. The van der Waals surface area contributed by atoms with Crippen molar-refractivity contribution in [3.63, 3.8) is 0 Å². The molecule has 2 aliphatic rings. The fourth-order valence-electron chi connectivity index (χ4n) is 3.56. The third-order valence-corrected chi connectivity index (χ3v) is 4.67. The molecule has 2 heterocycles. The van der Waals surface area contributed by atoms with Gasteiger partial charge in [-0.15, -0.1) is 0 Å². The molecule has 4 rings (SSSR count). The van der Waals surface area contributed by atoms with E-state index in [0.29, 0.717) is 11.6 Å². The molecule has 2 aromatic rings. The van der Waals surface area contributed by atoms with Crippen molar-refractivity contribution in [3.8, 4) is 0 Å². The lowest BCUT2D eigenvalue weighted by Gasteiger charge is -2.24. The van der Waals surface area contributed by atoms with Crippen molar-refractivity contribution in [2.24, 2.45) is 5.92 Å². The van der Waals surface area contributed by atoms with E-state index in [1.807, 2.05) is 25.1 Å². The Morgan fingerprint density at radius 1 is 1.40 bits per heavy atom. The summed E-state index contributed by atoms with van der Waals surface area (Å²) in [7, 11) is 0. The van der Waals surface area contributed by atoms with Crippen molar-refractivity contribution in [3.05, 3.63) is 35.6 Å². The molecule has 1 saturated carbocycles. The Labute approximate surface area is 117 Å². The standard InChI is InChI=1S/C16H18N2O2/c1-9-8-20-15-3-2-11(6-12(9)15)16(19)18-14-5-10-4-13(14)17-7-10/h2-3,6,8,10,13-14,17H,4-5,7H2,1H3,(H,18,19). The van der Waals surface area contributed by atoms with E-state index in [4.69, 9.17) is 4.42 Å². The van der Waals surface area contributed by atoms with E-state index in [1.54, 1.807) is 6.26 Å². The molecule has 1 aliphatic carbocycles. The van der Waals surface area contributed by atoms with Crippen molar-refractivity contribution in [1.82, 2.24) is 10.6 Å². The quantitative estimate of drug-likeness (QED) is 0.879. The Kier molecular flexibility index (Phi) is 2.60. The zero-order valence-electron chi connectivity index (χ0n) is 11.5. The van der Waals surface area contributed by atoms with Gasteiger partial charge in [0.2, 0.25) is 0 Å². The van der Waals surface area contributed by atoms with Gasteiger partial charge in [-0.05, 0) is 56.0 Å². The van der Waals surface area contributed by atoms with E-state index in [2.05, 4.69) is 10.6 Å². The van der Waals surface area contributed by atoms with Crippen molar-refractivity contribution in [1.29, 1.82) is 0 Å². The summed E-state index contributed by atoms with van der Waals surface area (Å²) >= 11 is 0. The molecular formula is C16H18N2O2. The third kappa shape index (κ3) is 1.83. The predicted octanol–water partition coefficient (Wildman–Crippen LogP) is 2.22. The van der Waals surface area contributed by atoms with Gasteiger partial charge in [-0.3, -0.25) is 4.79 Å². The smallest absolute Gasteiger partial charge is 0.251 e. The lowest BCUT2D eigenvalue weighted by atomic mass is 10.1. The number of furan rings is 1. The SMILES string of the molecule is Cc1coc2ccc(C(=O)NC3CC4CNC3C4)cc12. The third-order valence-electron chi connectivity index (χ3n) is 4.67. The van der Waals surface area contributed by atoms with Crippen LogP contribution in [0.4, 0.5) is 0 Å². The molecule has 2 bridgehead atoms. The van der Waals surface area contributed by atoms with Gasteiger partial charge >= 0.3 is 0 Å². The van der Waals surface area contributed by atoms with Crippen LogP contribution < -0.4 is 10.6 Å². The summed E-state index contributed by atoms with van der Waals surface area (Å²) in [6, 6.07) is 6.37. The summed E-state index contributed by atoms with van der Waals surface area (Å²) in [4.78, 5) is 12.4. The Balaban J connectivity index is 1.56. The van der Waals surface area contributed by atoms with Crippen LogP contribution in [-0.2, 0) is 0 Å². The number of fused-ring (bicyclic) bond motifs is 3. The van der Waals surface area contributed by atoms with Gasteiger partial charge < -0.3 is 15.1 Å². The molecule has 3 atom stereocenters. The van der Waals surface area contributed by atoms with Crippen LogP contribution in [0.1, 0.15) is 28.8 Å². The highest BCUT2D eigenvalue weighted by Gasteiger charge is 2.40. The van der Waals surface area contributed by atoms with Crippen LogP contribution in [0.25, 0.3) is 11.0 Å². The second-order valence-electron chi connectivity index (χ2n) is 6.06. The van der Waals surface area contributed by atoms with Gasteiger partial charge in [0, 0.05) is 23.0 Å². The summed E-state index contributed by atoms with van der Waals surface area (Å²) in [6.07, 6.45) is 4.04. The first-order chi connectivity index (χ1) is 9.70. The molecule has 1 aromatic carbocycles. The minimum absolute atomic E-state index is 0.0202. The molecule has 1 amide bonds. The maximum absolute atomic E-state index is 12.4. The molecule has 4 nitrogen and oxygen atoms in total. The molecule has 4 heteroatoms. The molecule has 1 aliphatic heterocycles. The number of amides is 1. The van der Waals surface area contributed by atoms with Crippen molar-refractivity contribution < 1.29 is 9.21 Å². The largest absolute Gasteiger partial charge is 0.464 e. The first-order valence-corrected chi connectivity index (χ1v) is 7.23. The van der Waals surface area contributed by atoms with Gasteiger partial charge in [-0.2, -0.15) is 0 Å². The van der Waals surface area contributed by atoms with Gasteiger partial charge in [0.25, 0.3) is 5.91 Å². The number of rotatable bonds is 2. The molecule has 1 aromatic heterocycles. The topological polar surface area (TPSA) is 54.3 Å². The molecule has 104 valence electrons. The molecule has 20 heavy (non-hydrogen) atoms. The van der Waals surface area contributed by atoms with E-state index in [-0.39, 0.29) is 11.9 Å². The van der Waals surface area contributed by atoms with Gasteiger partial charge in [0.15, 0.2) is 0 Å². The van der Waals surface area contributed by atoms with E-state index in [1.165, 1.54) is 6.42 Å². The highest BCUT2D eigenvalue weighted by molar-refractivity contribution is 5.98. The number of nitrogens with one attached hydrogen (secondary N) is 2. The number of carbonyl (C=O) groups is 1. The monoisotopic (exact) mass is 270 g/mol. The van der Waals surface area contributed by atoms with Crippen LogP contribution in [0, 0.1) is 12.8 Å². The Morgan fingerprint density at radius 2 is 2.30 bits per heavy atom. The fourth-order valence-corrected chi connectivity index (χ4v) is 3.56. The maximum atomic E-state index is 12.4. The fraction of sp³-hybridized carbons (Fsp3) is 0.438. The highest BCUT2D eigenvalue weighted by Crippen LogP contribution is 2.31. The van der Waals surface area contributed by atoms with E-state index < -0.39 is 0 Å². The minimum Gasteiger partial charge on any atom is -0.464 e. The zero-order chi connectivity index (χ0) is 13.7. The Bertz CT molecular complexity index is 676. The number of aryl methyl sites for hydroxylation is 1. The molecule has 2 N–H and O–H groups in total. The zero-order valence-corrected chi connectivity index (χ0v) is 11.5. The molecular weight excluding hydrogens is 252 g/mol. The van der Waals surface area contributed by atoms with E-state index in [9.17, 15) is 4.79 Å². The number of benzene rings is 1. The number of carbonyl (C=O) groups excluding carboxylic acids is 1. The predicted molar refractivity (Wildman–Crippen MR) is 76.7 cm³/mol. The van der Waals surface area contributed by atoms with Gasteiger partial charge in [0.05, 0.1) is 6.26 Å². The summed E-state index contributed by atoms with van der Waals surface area (Å²) < 4.78 is 5.42. The number of hydrogen-bond donors (Lipinski definition) is 2. The number of hydrogen-bond acceptors (Lipinski definition) is 3. The molecule has 0 radical (unpaired) electrons. The van der Waals surface area contributed by atoms with Gasteiger partial charge in [-0.1, -0.05) is 0 Å². The molecule has 2 fully saturated rings. The second-order valence-corrected chi connectivity index (χ2v) is 6.06. The van der Waals surface area contributed by atoms with E-state index in [0.717, 1.165) is 35.4 Å². The summed E-state index contributed by atoms with van der Waals surface area (Å²) in [5.41, 5.74) is 2.61. The van der Waals surface area contributed by atoms with E-state index >= 15 is 0 Å². The van der Waals surface area contributed by atoms with Crippen LogP contribution in [0.3, 0.4) is 0 Å². The average Bonchev–Trinajstić information content (AvgIpc) is 3.15. The van der Waals surface area contributed by atoms with Gasteiger partial charge in [-0.25, -0.2) is 0 Å². The Morgan fingerprint density at radius 3 is 3.05 bits per heavy atom. The average molecular weight is 270 g/mol. The number of piperidine rings is 1. The van der Waals surface area contributed by atoms with Crippen LogP contribution >= 0.6 is 0 Å². The van der Waals surface area contributed by atoms with Crippen molar-refractivity contribution in [2.45, 2.75) is 31.8 Å². The van der Waals surface area contributed by atoms with Crippen molar-refractivity contribution in [2.75, 3.05) is 6.54 Å². The second kappa shape index (κ2) is 4.35. The highest BCUT2D eigenvalue weighted by atomic mass is 16.3. The van der Waals surface area contributed by atoms with Crippen LogP contribution in [0.2, 0.25) is 0 Å². The first kappa shape index (κ1) is 12.0. The van der Waals surface area contributed by atoms with Crippen LogP contribution in [0.15, 0.2) is 28.9 Å². The maximum Gasteiger partial charge on any atom is 0.251 e. The molecule has 3 unspecified atom stereocenters. The summed E-state index contributed by atoms with van der Waals surface area (Å²) in [5, 5.41) is 7.66. The lowest BCUT2D eigenvalue weighted by Crippen LogP contribution is -2.47. The molecule has 1 saturated heterocycles. The van der Waals surface area contributed by atoms with Crippen LogP contribution in [0.5, 0.6) is 0 Å². The lowest BCUT2D eigenvalue weighted by molar-refractivity contribution is 0.0928. The van der Waals surface area contributed by atoms with Gasteiger partial charge in [0.1, 0.15) is 5.58 Å². The summed E-state index contributed by atoms with van der Waals surface area (Å²) in [5.74, 6) is 0.760. The first-order valence-electron chi connectivity index (χ1n) is 7.23.